The highest BCUT2D eigenvalue weighted by atomic mass is 19.4. The predicted molar refractivity (Wildman–Crippen MR) is 72.8 cm³/mol. The van der Waals surface area contributed by atoms with Crippen molar-refractivity contribution in [2.75, 3.05) is 21.3 Å². The molecule has 1 aliphatic rings. The summed E-state index contributed by atoms with van der Waals surface area (Å²) in [4.78, 5) is 24.5. The number of esters is 2. The molecule has 9 heteroatoms. The maximum absolute atomic E-state index is 13.6. The second-order valence-electron chi connectivity index (χ2n) is 5.29. The van der Waals surface area contributed by atoms with Crippen LogP contribution >= 0.6 is 0 Å². The molecular formula is C14H20F3NO5. The first-order valence-electron chi connectivity index (χ1n) is 6.88. The van der Waals surface area contributed by atoms with Crippen LogP contribution in [0.4, 0.5) is 13.2 Å². The predicted octanol–water partition coefficient (Wildman–Crippen LogP) is 1.45. The first-order valence-corrected chi connectivity index (χ1v) is 6.88. The Morgan fingerprint density at radius 3 is 2.17 bits per heavy atom. The van der Waals surface area contributed by atoms with E-state index >= 15 is 0 Å². The monoisotopic (exact) mass is 339 g/mol. The average Bonchev–Trinajstić information content (AvgIpc) is 2.49. The van der Waals surface area contributed by atoms with Crippen molar-refractivity contribution in [3.8, 4) is 0 Å². The van der Waals surface area contributed by atoms with Crippen molar-refractivity contribution >= 4 is 11.9 Å². The molecule has 0 aromatic rings. The minimum Gasteiger partial charge on any atom is -0.469 e. The number of alkyl halides is 3. The summed E-state index contributed by atoms with van der Waals surface area (Å²) in [7, 11) is 2.98. The van der Waals surface area contributed by atoms with Crippen molar-refractivity contribution in [1.29, 1.82) is 0 Å². The molecule has 0 saturated carbocycles. The first-order chi connectivity index (χ1) is 10.5. The molecule has 0 aromatic carbocycles. The summed E-state index contributed by atoms with van der Waals surface area (Å²) in [6, 6.07) is 0. The minimum absolute atomic E-state index is 0.00771. The molecule has 1 N–H and O–H groups in total. The van der Waals surface area contributed by atoms with Gasteiger partial charge in [-0.15, -0.1) is 0 Å². The van der Waals surface area contributed by atoms with Crippen molar-refractivity contribution < 1.29 is 37.3 Å². The van der Waals surface area contributed by atoms with Crippen LogP contribution in [0.3, 0.4) is 0 Å². The number of aliphatic hydroxyl groups is 1. The molecule has 0 fully saturated rings. The lowest BCUT2D eigenvalue weighted by Gasteiger charge is -2.50. The largest absolute Gasteiger partial charge is 0.469 e. The van der Waals surface area contributed by atoms with Gasteiger partial charge in [-0.25, -0.2) is 4.79 Å². The van der Waals surface area contributed by atoms with E-state index in [-0.39, 0.29) is 17.7 Å². The molecule has 0 aromatic heterocycles. The molecule has 1 rings (SSSR count). The molecule has 3 unspecified atom stereocenters. The Labute approximate surface area is 131 Å². The van der Waals surface area contributed by atoms with Crippen LogP contribution in [0.15, 0.2) is 11.3 Å². The fourth-order valence-electron chi connectivity index (χ4n) is 3.03. The lowest BCUT2D eigenvalue weighted by molar-refractivity contribution is -0.332. The molecular weight excluding hydrogens is 319 g/mol. The van der Waals surface area contributed by atoms with Crippen LogP contribution in [0, 0.1) is 11.8 Å². The molecule has 0 bridgehead atoms. The summed E-state index contributed by atoms with van der Waals surface area (Å²) in [5, 5.41) is 10.4. The highest BCUT2D eigenvalue weighted by Gasteiger charge is 2.68. The number of hydrogen-bond acceptors (Lipinski definition) is 6. The van der Waals surface area contributed by atoms with E-state index in [2.05, 4.69) is 9.47 Å². The zero-order chi connectivity index (χ0) is 18.2. The third kappa shape index (κ3) is 2.77. The normalized spacial score (nSPS) is 28.7. The van der Waals surface area contributed by atoms with E-state index in [0.29, 0.717) is 4.90 Å². The third-order valence-electron chi connectivity index (χ3n) is 4.33. The number of hydrogen-bond donors (Lipinski definition) is 1. The van der Waals surface area contributed by atoms with Gasteiger partial charge in [0.15, 0.2) is 0 Å². The second kappa shape index (κ2) is 6.38. The van der Waals surface area contributed by atoms with E-state index in [1.807, 2.05) is 0 Å². The Kier molecular flexibility index (Phi) is 5.35. The van der Waals surface area contributed by atoms with Crippen LogP contribution in [0.5, 0.6) is 0 Å². The van der Waals surface area contributed by atoms with Crippen LogP contribution in [0.25, 0.3) is 0 Å². The molecule has 0 saturated heterocycles. The van der Waals surface area contributed by atoms with Gasteiger partial charge in [-0.05, 0) is 13.3 Å². The van der Waals surface area contributed by atoms with Crippen LogP contribution in [0.1, 0.15) is 20.3 Å². The summed E-state index contributed by atoms with van der Waals surface area (Å²) in [6.45, 7) is 2.78. The molecule has 0 radical (unpaired) electrons. The highest BCUT2D eigenvalue weighted by molar-refractivity contribution is 5.91. The Bertz CT molecular complexity index is 531. The summed E-state index contributed by atoms with van der Waals surface area (Å²) >= 11 is 0. The van der Waals surface area contributed by atoms with Crippen molar-refractivity contribution in [2.24, 2.45) is 11.8 Å². The van der Waals surface area contributed by atoms with Crippen LogP contribution in [-0.4, -0.2) is 55.1 Å². The van der Waals surface area contributed by atoms with Gasteiger partial charge in [0.05, 0.1) is 19.8 Å². The SMILES string of the molecule is CCC1C(C(=O)OC)=C(C)N(C)C(O)(C(F)(F)F)C1C(=O)OC. The summed E-state index contributed by atoms with van der Waals surface area (Å²) < 4.78 is 49.8. The fourth-order valence-corrected chi connectivity index (χ4v) is 3.03. The van der Waals surface area contributed by atoms with Gasteiger partial charge in [-0.3, -0.25) is 4.79 Å². The third-order valence-corrected chi connectivity index (χ3v) is 4.33. The smallest absolute Gasteiger partial charge is 0.437 e. The van der Waals surface area contributed by atoms with E-state index in [9.17, 15) is 27.9 Å². The van der Waals surface area contributed by atoms with Crippen LogP contribution in [-0.2, 0) is 19.1 Å². The molecule has 1 aliphatic heterocycles. The van der Waals surface area contributed by atoms with Crippen molar-refractivity contribution in [1.82, 2.24) is 4.90 Å². The number of allylic oxidation sites excluding steroid dienone is 1. The number of carbonyl (C=O) groups excluding carboxylic acids is 2. The fraction of sp³-hybridized carbons (Fsp3) is 0.714. The Balaban J connectivity index is 3.72. The van der Waals surface area contributed by atoms with Gasteiger partial charge in [-0.2, -0.15) is 13.2 Å². The number of methoxy groups -OCH3 is 2. The molecule has 0 spiro atoms. The zero-order valence-corrected chi connectivity index (χ0v) is 13.5. The number of ether oxygens (including phenoxy) is 2. The van der Waals surface area contributed by atoms with Crippen molar-refractivity contribution in [3.05, 3.63) is 11.3 Å². The van der Waals surface area contributed by atoms with Crippen LogP contribution < -0.4 is 0 Å². The number of nitrogens with zero attached hydrogens (tertiary/aromatic N) is 1. The number of halogens is 3. The second-order valence-corrected chi connectivity index (χ2v) is 5.29. The van der Waals surface area contributed by atoms with Gasteiger partial charge in [0.2, 0.25) is 5.72 Å². The molecule has 0 aliphatic carbocycles. The van der Waals surface area contributed by atoms with Gasteiger partial charge in [0.25, 0.3) is 0 Å². The highest BCUT2D eigenvalue weighted by Crippen LogP contribution is 2.50. The maximum Gasteiger partial charge on any atom is 0.437 e. The van der Waals surface area contributed by atoms with E-state index < -0.39 is 35.7 Å². The number of rotatable bonds is 3. The zero-order valence-electron chi connectivity index (χ0n) is 13.5. The Morgan fingerprint density at radius 1 is 1.30 bits per heavy atom. The molecule has 0 amide bonds. The summed E-state index contributed by atoms with van der Waals surface area (Å²) in [5.41, 5.74) is -3.67. The standard InChI is InChI=1S/C14H20F3NO5/c1-6-8-9(11(19)22-4)7(2)18(3)13(21,14(15,16)17)10(8)12(20)23-5/h8,10,21H,6H2,1-5H3. The van der Waals surface area contributed by atoms with Gasteiger partial charge in [0, 0.05) is 18.7 Å². The minimum atomic E-state index is -5.14. The quantitative estimate of drug-likeness (QED) is 0.785. The van der Waals surface area contributed by atoms with Gasteiger partial charge in [0.1, 0.15) is 5.92 Å². The van der Waals surface area contributed by atoms with Gasteiger partial charge >= 0.3 is 18.1 Å². The van der Waals surface area contributed by atoms with E-state index in [1.54, 1.807) is 0 Å². The summed E-state index contributed by atoms with van der Waals surface area (Å²) in [5.74, 6) is -5.31. The molecule has 23 heavy (non-hydrogen) atoms. The van der Waals surface area contributed by atoms with Gasteiger partial charge < -0.3 is 19.5 Å². The Morgan fingerprint density at radius 2 is 1.83 bits per heavy atom. The Hall–Kier alpha value is -1.77. The number of carbonyl (C=O) groups is 2. The average molecular weight is 339 g/mol. The molecule has 3 atom stereocenters. The molecule has 1 heterocycles. The maximum atomic E-state index is 13.6. The van der Waals surface area contributed by atoms with Crippen molar-refractivity contribution in [2.45, 2.75) is 32.2 Å². The summed E-state index contributed by atoms with van der Waals surface area (Å²) in [6.07, 6.45) is -5.13. The van der Waals surface area contributed by atoms with E-state index in [1.165, 1.54) is 13.8 Å². The lowest BCUT2D eigenvalue weighted by Crippen LogP contribution is -2.67. The van der Waals surface area contributed by atoms with E-state index in [4.69, 9.17) is 0 Å². The molecule has 6 nitrogen and oxygen atoms in total. The first kappa shape index (κ1) is 19.3. The van der Waals surface area contributed by atoms with E-state index in [0.717, 1.165) is 21.3 Å². The van der Waals surface area contributed by atoms with Gasteiger partial charge in [-0.1, -0.05) is 6.92 Å². The lowest BCUT2D eigenvalue weighted by atomic mass is 9.72. The molecule has 132 valence electrons. The topological polar surface area (TPSA) is 76.1 Å². The van der Waals surface area contributed by atoms with Crippen molar-refractivity contribution in [3.63, 3.8) is 0 Å². The van der Waals surface area contributed by atoms with Crippen LogP contribution in [0.2, 0.25) is 0 Å².